The molecule has 0 unspecified atom stereocenters. The summed E-state index contributed by atoms with van der Waals surface area (Å²) in [6.45, 7) is 5.33. The Hall–Kier alpha value is -3.53. The zero-order valence-electron chi connectivity index (χ0n) is 19.1. The Labute approximate surface area is 197 Å². The van der Waals surface area contributed by atoms with Crippen LogP contribution in [0.4, 0.5) is 15.9 Å². The molecule has 10 heteroatoms. The third kappa shape index (κ3) is 4.45. The topological polar surface area (TPSA) is 110 Å². The van der Waals surface area contributed by atoms with E-state index in [9.17, 15) is 22.4 Å². The summed E-state index contributed by atoms with van der Waals surface area (Å²) in [5.41, 5.74) is 2.59. The van der Waals surface area contributed by atoms with E-state index in [4.69, 9.17) is 0 Å². The van der Waals surface area contributed by atoms with Crippen LogP contribution < -0.4 is 10.0 Å². The smallest absolute Gasteiger partial charge is 0.262 e. The van der Waals surface area contributed by atoms with Gasteiger partial charge in [0.1, 0.15) is 11.6 Å². The van der Waals surface area contributed by atoms with Crippen molar-refractivity contribution in [3.8, 4) is 11.1 Å². The Morgan fingerprint density at radius 2 is 1.88 bits per heavy atom. The number of nitrogens with one attached hydrogen (secondary N) is 2. The van der Waals surface area contributed by atoms with E-state index in [1.165, 1.54) is 22.9 Å². The van der Waals surface area contributed by atoms with Crippen molar-refractivity contribution in [2.24, 2.45) is 0 Å². The Bertz CT molecular complexity index is 1410. The van der Waals surface area contributed by atoms with Crippen molar-refractivity contribution in [3.63, 3.8) is 0 Å². The number of sulfonamides is 1. The minimum atomic E-state index is -4.14. The number of hydrogen-bond donors (Lipinski definition) is 2. The molecular formula is C24H25FN4O4S. The average Bonchev–Trinajstić information content (AvgIpc) is 3.05. The molecule has 1 aliphatic heterocycles. The number of rotatable bonds is 6. The van der Waals surface area contributed by atoms with Crippen LogP contribution in [0, 0.1) is 19.7 Å². The van der Waals surface area contributed by atoms with E-state index in [0.717, 1.165) is 6.42 Å². The van der Waals surface area contributed by atoms with Crippen molar-refractivity contribution < 1.29 is 22.4 Å². The van der Waals surface area contributed by atoms with Gasteiger partial charge in [-0.05, 0) is 55.2 Å². The number of anilines is 2. The maximum Gasteiger partial charge on any atom is 0.262 e. The molecule has 0 fully saturated rings. The fraction of sp³-hybridized carbons (Fsp3) is 0.292. The van der Waals surface area contributed by atoms with E-state index in [0.29, 0.717) is 34.4 Å². The molecule has 8 nitrogen and oxygen atoms in total. The highest BCUT2D eigenvalue weighted by Gasteiger charge is 2.28. The molecule has 0 saturated carbocycles. The average molecular weight is 485 g/mol. The summed E-state index contributed by atoms with van der Waals surface area (Å²) < 4.78 is 44.3. The Morgan fingerprint density at radius 3 is 2.62 bits per heavy atom. The zero-order valence-corrected chi connectivity index (χ0v) is 19.9. The number of nitrogens with zero attached hydrogens (tertiary/aromatic N) is 2. The van der Waals surface area contributed by atoms with E-state index >= 15 is 0 Å². The highest BCUT2D eigenvalue weighted by Crippen LogP contribution is 2.36. The van der Waals surface area contributed by atoms with Crippen LogP contribution in [0.5, 0.6) is 0 Å². The maximum atomic E-state index is 14.2. The van der Waals surface area contributed by atoms with Gasteiger partial charge in [0.2, 0.25) is 11.8 Å². The van der Waals surface area contributed by atoms with Crippen LogP contribution in [0.25, 0.3) is 11.1 Å². The summed E-state index contributed by atoms with van der Waals surface area (Å²) in [6.07, 6.45) is 1.34. The Balaban J connectivity index is 1.85. The van der Waals surface area contributed by atoms with Gasteiger partial charge < -0.3 is 5.32 Å². The lowest BCUT2D eigenvalue weighted by Crippen LogP contribution is -2.15. The molecule has 4 rings (SSSR count). The number of fused-ring (bicyclic) bond motifs is 1. The first kappa shape index (κ1) is 23.6. The summed E-state index contributed by atoms with van der Waals surface area (Å²) in [7, 11) is -4.14. The highest BCUT2D eigenvalue weighted by molar-refractivity contribution is 7.92. The van der Waals surface area contributed by atoms with Crippen molar-refractivity contribution in [1.29, 1.82) is 0 Å². The summed E-state index contributed by atoms with van der Waals surface area (Å²) >= 11 is 0. The van der Waals surface area contributed by atoms with Crippen LogP contribution in [0.15, 0.2) is 41.3 Å². The van der Waals surface area contributed by atoms with Gasteiger partial charge >= 0.3 is 0 Å². The van der Waals surface area contributed by atoms with Gasteiger partial charge in [-0.3, -0.25) is 14.3 Å². The number of hydrogen-bond acceptors (Lipinski definition) is 5. The van der Waals surface area contributed by atoms with Gasteiger partial charge in [-0.25, -0.2) is 12.8 Å². The first-order valence-electron chi connectivity index (χ1n) is 11.0. The fourth-order valence-corrected chi connectivity index (χ4v) is 5.29. The van der Waals surface area contributed by atoms with E-state index in [1.807, 2.05) is 6.92 Å². The molecule has 1 amide bonds. The first-order chi connectivity index (χ1) is 16.1. The van der Waals surface area contributed by atoms with Gasteiger partial charge in [-0.1, -0.05) is 31.5 Å². The molecule has 34 heavy (non-hydrogen) atoms. The molecule has 0 radical (unpaired) electrons. The van der Waals surface area contributed by atoms with Crippen LogP contribution in [0.2, 0.25) is 0 Å². The quantitative estimate of drug-likeness (QED) is 0.538. The predicted octanol–water partition coefficient (Wildman–Crippen LogP) is 4.43. The molecule has 178 valence electrons. The molecule has 1 aromatic heterocycles. The summed E-state index contributed by atoms with van der Waals surface area (Å²) in [5, 5.41) is 7.18. The molecule has 2 N–H and O–H groups in total. The second-order valence-electron chi connectivity index (χ2n) is 8.34. The summed E-state index contributed by atoms with van der Waals surface area (Å²) in [6, 6.07) is 9.00. The molecular weight excluding hydrogens is 459 g/mol. The summed E-state index contributed by atoms with van der Waals surface area (Å²) in [4.78, 5) is 24.8. The maximum absolute atomic E-state index is 14.2. The molecule has 0 aliphatic carbocycles. The van der Waals surface area contributed by atoms with Gasteiger partial charge in [-0.2, -0.15) is 9.78 Å². The van der Waals surface area contributed by atoms with Crippen LogP contribution in [-0.2, 0) is 21.2 Å². The van der Waals surface area contributed by atoms with Crippen LogP contribution >= 0.6 is 0 Å². The van der Waals surface area contributed by atoms with Crippen molar-refractivity contribution in [2.45, 2.75) is 51.3 Å². The van der Waals surface area contributed by atoms with Gasteiger partial charge in [0, 0.05) is 18.4 Å². The third-order valence-electron chi connectivity index (χ3n) is 5.64. The van der Waals surface area contributed by atoms with E-state index < -0.39 is 15.8 Å². The van der Waals surface area contributed by atoms with Gasteiger partial charge in [0.05, 0.1) is 16.3 Å². The number of carbonyl (C=O) groups excluding carboxylic acids is 2. The molecule has 0 spiro atoms. The molecule has 0 saturated heterocycles. The fourth-order valence-electron chi connectivity index (χ4n) is 3.96. The molecule has 2 aromatic carbocycles. The first-order valence-corrected chi connectivity index (χ1v) is 12.4. The lowest BCUT2D eigenvalue weighted by atomic mass is 10.0. The van der Waals surface area contributed by atoms with Crippen LogP contribution in [0.3, 0.4) is 0 Å². The van der Waals surface area contributed by atoms with Gasteiger partial charge in [-0.15, -0.1) is 0 Å². The lowest BCUT2D eigenvalue weighted by molar-refractivity contribution is -0.116. The number of aromatic nitrogens is 2. The highest BCUT2D eigenvalue weighted by atomic mass is 32.2. The van der Waals surface area contributed by atoms with Crippen LogP contribution in [0.1, 0.15) is 47.8 Å². The number of halogens is 1. The third-order valence-corrected chi connectivity index (χ3v) is 7.14. The van der Waals surface area contributed by atoms with Crippen molar-refractivity contribution in [3.05, 3.63) is 59.0 Å². The van der Waals surface area contributed by atoms with Gasteiger partial charge in [0.25, 0.3) is 10.0 Å². The number of benzene rings is 2. The number of aryl methyl sites for hydroxylation is 3. The number of amides is 1. The monoisotopic (exact) mass is 484 g/mol. The number of carbonyl (C=O) groups is 2. The molecule has 0 bridgehead atoms. The molecule has 2 heterocycles. The zero-order chi connectivity index (χ0) is 24.6. The predicted molar refractivity (Wildman–Crippen MR) is 127 cm³/mol. The normalized spacial score (nSPS) is 13.9. The molecule has 1 aliphatic rings. The van der Waals surface area contributed by atoms with Crippen molar-refractivity contribution >= 4 is 33.3 Å². The largest absolute Gasteiger partial charge is 0.310 e. The second-order valence-corrected chi connectivity index (χ2v) is 9.99. The minimum Gasteiger partial charge on any atom is -0.310 e. The second kappa shape index (κ2) is 9.02. The molecule has 0 atom stereocenters. The van der Waals surface area contributed by atoms with E-state index in [1.54, 1.807) is 32.0 Å². The summed E-state index contributed by atoms with van der Waals surface area (Å²) in [5.74, 6) is -1.07. The standard InChI is InChI=1S/C24H25FN4O4S/c1-4-5-18-23(24-26-21(30)10-11-22(31)29(24)27-18)16-8-7-15(3)20(13-16)34(32,33)28-19-12-14(2)6-9-17(19)25/h6-9,12-13,28H,4-5,10-11H2,1-3H3,(H,26,30). The van der Waals surface area contributed by atoms with E-state index in [2.05, 4.69) is 15.1 Å². The minimum absolute atomic E-state index is 0.0328. The Kier molecular flexibility index (Phi) is 6.26. The van der Waals surface area contributed by atoms with Crippen molar-refractivity contribution in [1.82, 2.24) is 9.78 Å². The van der Waals surface area contributed by atoms with Crippen LogP contribution in [-0.4, -0.2) is 30.0 Å². The SMILES string of the molecule is CCCc1nn2c(c1-c1ccc(C)c(S(=O)(=O)Nc3cc(C)ccc3F)c1)NC(=O)CCC2=O. The lowest BCUT2D eigenvalue weighted by Gasteiger charge is -2.14. The van der Waals surface area contributed by atoms with Gasteiger partial charge in [0.15, 0.2) is 0 Å². The Morgan fingerprint density at radius 1 is 1.12 bits per heavy atom. The van der Waals surface area contributed by atoms with Crippen molar-refractivity contribution in [2.75, 3.05) is 10.0 Å². The van der Waals surface area contributed by atoms with E-state index in [-0.39, 0.29) is 41.1 Å². The molecule has 3 aromatic rings.